The molecule has 0 saturated carbocycles. The molecule has 0 spiro atoms. The molecule has 0 aliphatic heterocycles. The summed E-state index contributed by atoms with van der Waals surface area (Å²) in [5, 5.41) is 0. The Bertz CT molecular complexity index is 174. The predicted molar refractivity (Wildman–Crippen MR) is 46.6 cm³/mol. The molecular weight excluding hydrogens is 160 g/mol. The van der Waals surface area contributed by atoms with Crippen LogP contribution in [0.3, 0.4) is 0 Å². The van der Waals surface area contributed by atoms with Crippen LogP contribution in [0.2, 0.25) is 0 Å². The summed E-state index contributed by atoms with van der Waals surface area (Å²) >= 11 is 5.56. The first-order valence-corrected chi connectivity index (χ1v) is 5.19. The van der Waals surface area contributed by atoms with Crippen LogP contribution in [0.15, 0.2) is 30.3 Å². The Morgan fingerprint density at radius 3 is 2.50 bits per heavy atom. The maximum absolute atomic E-state index is 5.56. The zero-order valence-electron chi connectivity index (χ0n) is 5.68. The van der Waals surface area contributed by atoms with E-state index in [2.05, 4.69) is 24.3 Å². The van der Waals surface area contributed by atoms with Gasteiger partial charge in [-0.3, -0.25) is 0 Å². The van der Waals surface area contributed by atoms with E-state index in [1.54, 1.807) is 0 Å². The van der Waals surface area contributed by atoms with Gasteiger partial charge in [-0.05, 0) is 6.04 Å². The summed E-state index contributed by atoms with van der Waals surface area (Å²) < 4.78 is 0. The highest BCUT2D eigenvalue weighted by molar-refractivity contribution is 6.49. The third-order valence-electron chi connectivity index (χ3n) is 1.27. The Morgan fingerprint density at radius 1 is 1.20 bits per heavy atom. The summed E-state index contributed by atoms with van der Waals surface area (Å²) in [6.45, 7) is 0. The molecule has 0 bridgehead atoms. The van der Waals surface area contributed by atoms with Crippen LogP contribution >= 0.6 is 11.6 Å². The van der Waals surface area contributed by atoms with Crippen molar-refractivity contribution in [3.63, 3.8) is 0 Å². The highest BCUT2D eigenvalue weighted by Gasteiger charge is 1.89. The fraction of sp³-hybridized carbons (Fsp3) is 0.250. The van der Waals surface area contributed by atoms with Crippen molar-refractivity contribution in [1.29, 1.82) is 0 Å². The Hall–Kier alpha value is -0.273. The first kappa shape index (κ1) is 7.83. The standard InChI is InChI=1S/C8H9ClSi/c9-7-10-6-8-4-2-1-3-5-8/h1-5H,6-7H2. The Balaban J connectivity index is 2.43. The smallest absolute Gasteiger partial charge is 0.0623 e. The lowest BCUT2D eigenvalue weighted by Crippen LogP contribution is -1.97. The maximum atomic E-state index is 5.56. The molecule has 52 valence electrons. The second-order valence-electron chi connectivity index (χ2n) is 2.05. The first-order chi connectivity index (χ1) is 4.93. The quantitative estimate of drug-likeness (QED) is 0.479. The Labute approximate surface area is 69.0 Å². The van der Waals surface area contributed by atoms with Crippen LogP contribution in [0, 0.1) is 0 Å². The van der Waals surface area contributed by atoms with Crippen molar-refractivity contribution in [2.24, 2.45) is 0 Å². The average molecular weight is 169 g/mol. The summed E-state index contributed by atoms with van der Waals surface area (Å²) in [6, 6.07) is 11.6. The van der Waals surface area contributed by atoms with Crippen molar-refractivity contribution in [3.05, 3.63) is 35.9 Å². The van der Waals surface area contributed by atoms with Crippen LogP contribution in [-0.2, 0) is 6.04 Å². The van der Waals surface area contributed by atoms with Crippen LogP contribution in [0.4, 0.5) is 0 Å². The lowest BCUT2D eigenvalue weighted by molar-refractivity contribution is 1.38. The van der Waals surface area contributed by atoms with Crippen LogP contribution < -0.4 is 0 Å². The Morgan fingerprint density at radius 2 is 1.90 bits per heavy atom. The van der Waals surface area contributed by atoms with E-state index in [1.165, 1.54) is 5.56 Å². The highest BCUT2D eigenvalue weighted by atomic mass is 35.5. The van der Waals surface area contributed by atoms with Gasteiger partial charge in [-0.25, -0.2) is 0 Å². The van der Waals surface area contributed by atoms with Gasteiger partial charge in [0.2, 0.25) is 0 Å². The summed E-state index contributed by atoms with van der Waals surface area (Å²) in [5.41, 5.74) is 2.18. The molecule has 0 N–H and O–H groups in total. The third kappa shape index (κ3) is 2.54. The third-order valence-corrected chi connectivity index (χ3v) is 2.68. The number of halogens is 1. The number of hydrogen-bond donors (Lipinski definition) is 0. The van der Waals surface area contributed by atoms with Crippen molar-refractivity contribution < 1.29 is 0 Å². The number of alkyl halides is 1. The predicted octanol–water partition coefficient (Wildman–Crippen LogP) is 2.09. The summed E-state index contributed by atoms with van der Waals surface area (Å²) in [5.74, 6) is 0. The van der Waals surface area contributed by atoms with E-state index in [4.69, 9.17) is 11.6 Å². The molecule has 0 fully saturated rings. The molecule has 2 heteroatoms. The normalized spacial score (nSPS) is 9.70. The van der Waals surface area contributed by atoms with Gasteiger partial charge in [0.25, 0.3) is 0 Å². The molecule has 0 aliphatic carbocycles. The van der Waals surface area contributed by atoms with Crippen LogP contribution in [0.1, 0.15) is 5.56 Å². The second-order valence-corrected chi connectivity index (χ2v) is 3.97. The topological polar surface area (TPSA) is 0 Å². The van der Waals surface area contributed by atoms with Gasteiger partial charge < -0.3 is 0 Å². The van der Waals surface area contributed by atoms with Gasteiger partial charge in [0.15, 0.2) is 0 Å². The SMILES string of the molecule is ClC[Si]Cc1ccccc1. The molecule has 0 aliphatic rings. The van der Waals surface area contributed by atoms with Crippen molar-refractivity contribution in [2.75, 3.05) is 5.50 Å². The van der Waals surface area contributed by atoms with Crippen LogP contribution in [0.25, 0.3) is 0 Å². The number of hydrogen-bond acceptors (Lipinski definition) is 0. The van der Waals surface area contributed by atoms with E-state index in [9.17, 15) is 0 Å². The minimum absolute atomic E-state index is 0.787. The lowest BCUT2D eigenvalue weighted by Gasteiger charge is -1.94. The lowest BCUT2D eigenvalue weighted by atomic mass is 10.2. The fourth-order valence-corrected chi connectivity index (χ4v) is 1.69. The highest BCUT2D eigenvalue weighted by Crippen LogP contribution is 1.97. The molecule has 0 saturated heterocycles. The van der Waals surface area contributed by atoms with E-state index in [1.807, 2.05) is 6.07 Å². The van der Waals surface area contributed by atoms with E-state index >= 15 is 0 Å². The molecule has 0 heterocycles. The van der Waals surface area contributed by atoms with Crippen molar-refractivity contribution in [2.45, 2.75) is 6.04 Å². The molecule has 0 atom stereocenters. The van der Waals surface area contributed by atoms with Crippen molar-refractivity contribution in [1.82, 2.24) is 0 Å². The van der Waals surface area contributed by atoms with Gasteiger partial charge in [0.1, 0.15) is 0 Å². The molecule has 10 heavy (non-hydrogen) atoms. The van der Waals surface area contributed by atoms with E-state index in [0.29, 0.717) is 0 Å². The molecule has 2 radical (unpaired) electrons. The molecule has 1 rings (SSSR count). The summed E-state index contributed by atoms with van der Waals surface area (Å²) in [4.78, 5) is 0. The molecule has 0 unspecified atom stereocenters. The van der Waals surface area contributed by atoms with Crippen molar-refractivity contribution >= 4 is 21.1 Å². The monoisotopic (exact) mass is 168 g/mol. The molecule has 1 aromatic carbocycles. The van der Waals surface area contributed by atoms with Gasteiger partial charge >= 0.3 is 0 Å². The minimum Gasteiger partial charge on any atom is -0.131 e. The van der Waals surface area contributed by atoms with Gasteiger partial charge in [0.05, 0.1) is 9.52 Å². The van der Waals surface area contributed by atoms with Crippen molar-refractivity contribution in [3.8, 4) is 0 Å². The molecule has 0 amide bonds. The number of rotatable bonds is 3. The molecule has 1 aromatic rings. The molecule has 0 nitrogen and oxygen atoms in total. The first-order valence-electron chi connectivity index (χ1n) is 3.24. The van der Waals surface area contributed by atoms with Crippen LogP contribution in [0.5, 0.6) is 0 Å². The van der Waals surface area contributed by atoms with E-state index in [0.717, 1.165) is 21.1 Å². The van der Waals surface area contributed by atoms with Gasteiger partial charge in [-0.2, -0.15) is 0 Å². The summed E-state index contributed by atoms with van der Waals surface area (Å²) in [6.07, 6.45) is 0. The van der Waals surface area contributed by atoms with E-state index in [-0.39, 0.29) is 0 Å². The zero-order chi connectivity index (χ0) is 7.23. The largest absolute Gasteiger partial charge is 0.131 e. The second kappa shape index (κ2) is 4.53. The maximum Gasteiger partial charge on any atom is 0.0623 e. The molecule has 0 aromatic heterocycles. The van der Waals surface area contributed by atoms with Crippen LogP contribution in [-0.4, -0.2) is 15.0 Å². The fourth-order valence-electron chi connectivity index (χ4n) is 0.787. The zero-order valence-corrected chi connectivity index (χ0v) is 7.43. The minimum atomic E-state index is 0.787. The molecular formula is C8H9ClSi. The number of benzene rings is 1. The van der Waals surface area contributed by atoms with Gasteiger partial charge in [-0.1, -0.05) is 35.9 Å². The van der Waals surface area contributed by atoms with Gasteiger partial charge in [-0.15, -0.1) is 11.6 Å². The summed E-state index contributed by atoms with van der Waals surface area (Å²) in [7, 11) is 0.858. The average Bonchev–Trinajstić information content (AvgIpc) is 2.03. The Kier molecular flexibility index (Phi) is 3.55. The van der Waals surface area contributed by atoms with Gasteiger partial charge in [0, 0.05) is 5.50 Å². The van der Waals surface area contributed by atoms with E-state index < -0.39 is 0 Å².